The molecule has 1 atom stereocenters. The molecule has 6 nitrogen and oxygen atoms in total. The lowest BCUT2D eigenvalue weighted by molar-refractivity contribution is -0.124. The molecule has 2 amide bonds. The van der Waals surface area contributed by atoms with E-state index in [4.69, 9.17) is 9.47 Å². The van der Waals surface area contributed by atoms with Gasteiger partial charge in [-0.05, 0) is 30.9 Å². The third-order valence-corrected chi connectivity index (χ3v) is 4.55. The van der Waals surface area contributed by atoms with Crippen LogP contribution in [-0.4, -0.2) is 38.1 Å². The molecule has 1 unspecified atom stereocenters. The van der Waals surface area contributed by atoms with E-state index < -0.39 is 6.04 Å². The lowest BCUT2D eigenvalue weighted by Gasteiger charge is -2.24. The Morgan fingerprint density at radius 3 is 2.08 bits per heavy atom. The minimum Gasteiger partial charge on any atom is -0.497 e. The van der Waals surface area contributed by atoms with Crippen LogP contribution >= 0.6 is 0 Å². The Bertz CT molecular complexity index is 587. The molecular weight excluding hydrogens is 320 g/mol. The van der Waals surface area contributed by atoms with Gasteiger partial charge in [-0.25, -0.2) is 0 Å². The molecule has 0 heterocycles. The van der Waals surface area contributed by atoms with Crippen molar-refractivity contribution >= 4 is 11.8 Å². The highest BCUT2D eigenvalue weighted by Gasteiger charge is 2.27. The minimum absolute atomic E-state index is 0.0159. The first-order valence-corrected chi connectivity index (χ1v) is 8.79. The van der Waals surface area contributed by atoms with Crippen LogP contribution in [0.1, 0.15) is 49.9 Å². The summed E-state index contributed by atoms with van der Waals surface area (Å²) in [5, 5.41) is 5.91. The fourth-order valence-corrected chi connectivity index (χ4v) is 3.06. The lowest BCUT2D eigenvalue weighted by Crippen LogP contribution is -2.51. The maximum Gasteiger partial charge on any atom is 0.252 e. The highest BCUT2D eigenvalue weighted by Crippen LogP contribution is 2.23. The summed E-state index contributed by atoms with van der Waals surface area (Å²) in [4.78, 5) is 25.2. The van der Waals surface area contributed by atoms with E-state index in [1.54, 1.807) is 18.2 Å². The first-order chi connectivity index (χ1) is 11.9. The number of carbonyl (C=O) groups excluding carboxylic acids is 2. The Kier molecular flexibility index (Phi) is 6.67. The highest BCUT2D eigenvalue weighted by atomic mass is 16.5. The molecule has 6 heteroatoms. The van der Waals surface area contributed by atoms with Gasteiger partial charge in [0.1, 0.15) is 17.5 Å². The zero-order chi connectivity index (χ0) is 18.4. The van der Waals surface area contributed by atoms with Crippen LogP contribution in [0.4, 0.5) is 0 Å². The minimum atomic E-state index is -0.578. The van der Waals surface area contributed by atoms with E-state index in [9.17, 15) is 9.59 Å². The molecule has 138 valence electrons. The van der Waals surface area contributed by atoms with E-state index >= 15 is 0 Å². The number of hydrogen-bond donors (Lipinski definition) is 2. The molecule has 1 aromatic rings. The Morgan fingerprint density at radius 1 is 1.04 bits per heavy atom. The molecule has 1 aromatic carbocycles. The SMILES string of the molecule is COc1cc(OC)cc(C(=O)NC(C(=O)NC2CCCC2)C(C)C)c1. The van der Waals surface area contributed by atoms with Gasteiger partial charge in [-0.15, -0.1) is 0 Å². The number of benzene rings is 1. The number of nitrogens with one attached hydrogen (secondary N) is 2. The van der Waals surface area contributed by atoms with E-state index in [1.807, 2.05) is 13.8 Å². The van der Waals surface area contributed by atoms with Crippen LogP contribution in [0.2, 0.25) is 0 Å². The first-order valence-electron chi connectivity index (χ1n) is 8.79. The van der Waals surface area contributed by atoms with E-state index in [2.05, 4.69) is 10.6 Å². The number of rotatable bonds is 7. The van der Waals surface area contributed by atoms with Gasteiger partial charge in [0, 0.05) is 17.7 Å². The Hall–Kier alpha value is -2.24. The fraction of sp³-hybridized carbons (Fsp3) is 0.579. The van der Waals surface area contributed by atoms with Crippen molar-refractivity contribution in [3.63, 3.8) is 0 Å². The normalized spacial score (nSPS) is 15.7. The maximum atomic E-state index is 12.6. The third kappa shape index (κ3) is 5.11. The van der Waals surface area contributed by atoms with Crippen LogP contribution in [0.3, 0.4) is 0 Å². The van der Waals surface area contributed by atoms with Gasteiger partial charge in [-0.1, -0.05) is 26.7 Å². The van der Waals surface area contributed by atoms with Crippen molar-refractivity contribution in [1.29, 1.82) is 0 Å². The summed E-state index contributed by atoms with van der Waals surface area (Å²) in [6, 6.07) is 4.60. The van der Waals surface area contributed by atoms with Crippen LogP contribution in [-0.2, 0) is 4.79 Å². The lowest BCUT2D eigenvalue weighted by atomic mass is 10.0. The Morgan fingerprint density at radius 2 is 1.60 bits per heavy atom. The fourth-order valence-electron chi connectivity index (χ4n) is 3.06. The molecule has 1 aliphatic rings. The van der Waals surface area contributed by atoms with Gasteiger partial charge in [-0.3, -0.25) is 9.59 Å². The van der Waals surface area contributed by atoms with Crippen LogP contribution < -0.4 is 20.1 Å². The maximum absolute atomic E-state index is 12.6. The summed E-state index contributed by atoms with van der Waals surface area (Å²) in [6.45, 7) is 3.84. The topological polar surface area (TPSA) is 76.7 Å². The summed E-state index contributed by atoms with van der Waals surface area (Å²) in [5.41, 5.74) is 0.399. The molecule has 1 aliphatic carbocycles. The molecule has 2 rings (SSSR count). The molecule has 0 radical (unpaired) electrons. The summed E-state index contributed by atoms with van der Waals surface area (Å²) >= 11 is 0. The van der Waals surface area contributed by atoms with Gasteiger partial charge in [0.05, 0.1) is 14.2 Å². The molecule has 0 saturated heterocycles. The molecule has 1 fully saturated rings. The van der Waals surface area contributed by atoms with Crippen molar-refractivity contribution in [2.24, 2.45) is 5.92 Å². The molecule has 0 aliphatic heterocycles. The van der Waals surface area contributed by atoms with Crippen LogP contribution in [0.25, 0.3) is 0 Å². The molecule has 2 N–H and O–H groups in total. The van der Waals surface area contributed by atoms with Crippen LogP contribution in [0.5, 0.6) is 11.5 Å². The second-order valence-electron chi connectivity index (χ2n) is 6.79. The summed E-state index contributed by atoms with van der Waals surface area (Å²) in [7, 11) is 3.06. The number of hydrogen-bond acceptors (Lipinski definition) is 4. The van der Waals surface area contributed by atoms with Crippen molar-refractivity contribution in [2.75, 3.05) is 14.2 Å². The number of amides is 2. The number of ether oxygens (including phenoxy) is 2. The average molecular weight is 348 g/mol. The van der Waals surface area contributed by atoms with E-state index in [0.717, 1.165) is 25.7 Å². The monoisotopic (exact) mass is 348 g/mol. The van der Waals surface area contributed by atoms with Gasteiger partial charge in [0.2, 0.25) is 5.91 Å². The molecular formula is C19H28N2O4. The highest BCUT2D eigenvalue weighted by molar-refractivity contribution is 5.98. The van der Waals surface area contributed by atoms with E-state index in [-0.39, 0.29) is 23.8 Å². The van der Waals surface area contributed by atoms with E-state index in [1.165, 1.54) is 14.2 Å². The number of carbonyl (C=O) groups is 2. The van der Waals surface area contributed by atoms with Crippen LogP contribution in [0.15, 0.2) is 18.2 Å². The van der Waals surface area contributed by atoms with Crippen molar-refractivity contribution in [3.05, 3.63) is 23.8 Å². The van der Waals surface area contributed by atoms with Gasteiger partial charge >= 0.3 is 0 Å². The summed E-state index contributed by atoms with van der Waals surface area (Å²) in [5.74, 6) is 0.599. The van der Waals surface area contributed by atoms with Gasteiger partial charge in [0.15, 0.2) is 0 Å². The van der Waals surface area contributed by atoms with Crippen molar-refractivity contribution in [3.8, 4) is 11.5 Å². The average Bonchev–Trinajstić information content (AvgIpc) is 3.11. The van der Waals surface area contributed by atoms with Gasteiger partial charge in [0.25, 0.3) is 5.91 Å². The zero-order valence-electron chi connectivity index (χ0n) is 15.4. The standard InChI is InChI=1S/C19H28N2O4/c1-12(2)17(19(23)20-14-7-5-6-8-14)21-18(22)13-9-15(24-3)11-16(10-13)25-4/h9-12,14,17H,5-8H2,1-4H3,(H,20,23)(H,21,22). The molecule has 0 aromatic heterocycles. The predicted octanol–water partition coefficient (Wildman–Crippen LogP) is 2.52. The largest absolute Gasteiger partial charge is 0.497 e. The van der Waals surface area contributed by atoms with Crippen LogP contribution in [0, 0.1) is 5.92 Å². The smallest absolute Gasteiger partial charge is 0.252 e. The summed E-state index contributed by atoms with van der Waals surface area (Å²) < 4.78 is 10.4. The molecule has 25 heavy (non-hydrogen) atoms. The zero-order valence-corrected chi connectivity index (χ0v) is 15.4. The molecule has 1 saturated carbocycles. The quantitative estimate of drug-likeness (QED) is 0.794. The number of methoxy groups -OCH3 is 2. The van der Waals surface area contributed by atoms with Crippen molar-refractivity contribution in [2.45, 2.75) is 51.6 Å². The first kappa shape index (κ1) is 19.1. The van der Waals surface area contributed by atoms with Crippen molar-refractivity contribution in [1.82, 2.24) is 10.6 Å². The second kappa shape index (κ2) is 8.74. The Balaban J connectivity index is 2.10. The third-order valence-electron chi connectivity index (χ3n) is 4.55. The Labute approximate surface area is 149 Å². The second-order valence-corrected chi connectivity index (χ2v) is 6.79. The molecule has 0 spiro atoms. The van der Waals surface area contributed by atoms with Gasteiger partial charge in [-0.2, -0.15) is 0 Å². The predicted molar refractivity (Wildman–Crippen MR) is 96.0 cm³/mol. The molecule has 0 bridgehead atoms. The van der Waals surface area contributed by atoms with E-state index in [0.29, 0.717) is 17.1 Å². The summed E-state index contributed by atoms with van der Waals surface area (Å²) in [6.07, 6.45) is 4.32. The van der Waals surface area contributed by atoms with Gasteiger partial charge < -0.3 is 20.1 Å². The van der Waals surface area contributed by atoms with Crippen molar-refractivity contribution < 1.29 is 19.1 Å².